The molecule has 0 aliphatic carbocycles. The third kappa shape index (κ3) is 3.42. The Labute approximate surface area is 78.4 Å². The summed E-state index contributed by atoms with van der Waals surface area (Å²) in [5.74, 6) is 0.626. The standard InChI is InChI=1S/C10H15NO2/c1-8(12)3-4-9-5-6-10(13-2)11-7-9/h5-8,12H,3-4H2,1-2H3/t8-/m0/s1. The summed E-state index contributed by atoms with van der Waals surface area (Å²) in [5.41, 5.74) is 1.13. The van der Waals surface area contributed by atoms with Gasteiger partial charge in [-0.05, 0) is 25.3 Å². The van der Waals surface area contributed by atoms with Crippen LogP contribution in [0.5, 0.6) is 5.88 Å². The Morgan fingerprint density at radius 2 is 2.31 bits per heavy atom. The van der Waals surface area contributed by atoms with E-state index >= 15 is 0 Å². The Bertz CT molecular complexity index is 244. The molecule has 3 heteroatoms. The van der Waals surface area contributed by atoms with E-state index < -0.39 is 0 Å². The van der Waals surface area contributed by atoms with Gasteiger partial charge in [0.1, 0.15) is 0 Å². The number of ether oxygens (including phenoxy) is 1. The van der Waals surface area contributed by atoms with Crippen LogP contribution < -0.4 is 4.74 Å². The SMILES string of the molecule is COc1ccc(CC[C@H](C)O)cn1. The maximum Gasteiger partial charge on any atom is 0.212 e. The van der Waals surface area contributed by atoms with E-state index in [1.165, 1.54) is 0 Å². The first-order valence-corrected chi connectivity index (χ1v) is 4.39. The Hall–Kier alpha value is -1.09. The summed E-state index contributed by atoms with van der Waals surface area (Å²) in [5, 5.41) is 9.07. The van der Waals surface area contributed by atoms with Gasteiger partial charge in [0.2, 0.25) is 5.88 Å². The highest BCUT2D eigenvalue weighted by Crippen LogP contribution is 2.09. The maximum atomic E-state index is 9.07. The zero-order valence-corrected chi connectivity index (χ0v) is 8.03. The average molecular weight is 181 g/mol. The van der Waals surface area contributed by atoms with Crippen LogP contribution >= 0.6 is 0 Å². The van der Waals surface area contributed by atoms with Crippen molar-refractivity contribution in [3.05, 3.63) is 23.9 Å². The fraction of sp³-hybridized carbons (Fsp3) is 0.500. The summed E-state index contributed by atoms with van der Waals surface area (Å²) < 4.78 is 4.93. The average Bonchev–Trinajstić information content (AvgIpc) is 2.15. The molecule has 72 valence electrons. The lowest BCUT2D eigenvalue weighted by atomic mass is 10.1. The molecule has 1 rings (SSSR count). The number of rotatable bonds is 4. The second-order valence-electron chi connectivity index (χ2n) is 3.10. The zero-order chi connectivity index (χ0) is 9.68. The second-order valence-corrected chi connectivity index (χ2v) is 3.10. The number of hydrogen-bond acceptors (Lipinski definition) is 3. The Balaban J connectivity index is 2.49. The molecule has 0 fully saturated rings. The second kappa shape index (κ2) is 4.82. The summed E-state index contributed by atoms with van der Waals surface area (Å²) in [6, 6.07) is 3.80. The van der Waals surface area contributed by atoms with E-state index in [-0.39, 0.29) is 6.10 Å². The predicted molar refractivity (Wildman–Crippen MR) is 50.8 cm³/mol. The van der Waals surface area contributed by atoms with Gasteiger partial charge in [0, 0.05) is 12.3 Å². The zero-order valence-electron chi connectivity index (χ0n) is 8.03. The van der Waals surface area contributed by atoms with Gasteiger partial charge < -0.3 is 9.84 Å². The first-order valence-electron chi connectivity index (χ1n) is 4.39. The molecular formula is C10H15NO2. The largest absolute Gasteiger partial charge is 0.481 e. The van der Waals surface area contributed by atoms with Crippen molar-refractivity contribution in [3.63, 3.8) is 0 Å². The molecule has 0 aliphatic rings. The smallest absolute Gasteiger partial charge is 0.212 e. The van der Waals surface area contributed by atoms with Crippen molar-refractivity contribution in [2.75, 3.05) is 7.11 Å². The highest BCUT2D eigenvalue weighted by atomic mass is 16.5. The van der Waals surface area contributed by atoms with E-state index in [2.05, 4.69) is 4.98 Å². The van der Waals surface area contributed by atoms with E-state index in [9.17, 15) is 0 Å². The molecule has 1 atom stereocenters. The lowest BCUT2D eigenvalue weighted by molar-refractivity contribution is 0.185. The van der Waals surface area contributed by atoms with E-state index in [0.29, 0.717) is 5.88 Å². The molecule has 0 saturated carbocycles. The van der Waals surface area contributed by atoms with Crippen molar-refractivity contribution >= 4 is 0 Å². The normalized spacial score (nSPS) is 12.5. The molecule has 1 heterocycles. The minimum Gasteiger partial charge on any atom is -0.481 e. The molecule has 13 heavy (non-hydrogen) atoms. The number of methoxy groups -OCH3 is 1. The van der Waals surface area contributed by atoms with Gasteiger partial charge in [0.15, 0.2) is 0 Å². The lowest BCUT2D eigenvalue weighted by Crippen LogP contribution is -2.01. The first-order chi connectivity index (χ1) is 6.22. The van der Waals surface area contributed by atoms with Crippen LogP contribution in [0.1, 0.15) is 18.9 Å². The van der Waals surface area contributed by atoms with Gasteiger partial charge in [-0.1, -0.05) is 6.07 Å². The molecule has 1 aromatic rings. The number of nitrogens with zero attached hydrogens (tertiary/aromatic N) is 1. The minimum absolute atomic E-state index is 0.248. The topological polar surface area (TPSA) is 42.4 Å². The highest BCUT2D eigenvalue weighted by molar-refractivity contribution is 5.17. The van der Waals surface area contributed by atoms with E-state index in [4.69, 9.17) is 9.84 Å². The van der Waals surface area contributed by atoms with Gasteiger partial charge in [-0.15, -0.1) is 0 Å². The van der Waals surface area contributed by atoms with Crippen molar-refractivity contribution < 1.29 is 9.84 Å². The molecule has 0 spiro atoms. The van der Waals surface area contributed by atoms with Crippen molar-refractivity contribution in [2.24, 2.45) is 0 Å². The molecule has 1 aromatic heterocycles. The maximum absolute atomic E-state index is 9.07. The predicted octanol–water partition coefficient (Wildman–Crippen LogP) is 1.40. The Morgan fingerprint density at radius 3 is 2.77 bits per heavy atom. The van der Waals surface area contributed by atoms with Gasteiger partial charge in [-0.2, -0.15) is 0 Å². The minimum atomic E-state index is -0.248. The molecule has 0 unspecified atom stereocenters. The van der Waals surface area contributed by atoms with Crippen LogP contribution in [0.15, 0.2) is 18.3 Å². The van der Waals surface area contributed by atoms with Crippen molar-refractivity contribution in [1.82, 2.24) is 4.98 Å². The van der Waals surface area contributed by atoms with E-state index in [1.54, 1.807) is 20.2 Å². The summed E-state index contributed by atoms with van der Waals surface area (Å²) in [6.07, 6.45) is 3.16. The molecular weight excluding hydrogens is 166 g/mol. The molecule has 1 N–H and O–H groups in total. The molecule has 0 saturated heterocycles. The first kappa shape index (κ1) is 9.99. The van der Waals surface area contributed by atoms with Gasteiger partial charge in [0.25, 0.3) is 0 Å². The van der Waals surface area contributed by atoms with Crippen molar-refractivity contribution in [1.29, 1.82) is 0 Å². The number of aromatic nitrogens is 1. The van der Waals surface area contributed by atoms with Crippen LogP contribution in [0, 0.1) is 0 Å². The van der Waals surface area contributed by atoms with Crippen LogP contribution in [0.4, 0.5) is 0 Å². The van der Waals surface area contributed by atoms with Crippen molar-refractivity contribution in [3.8, 4) is 5.88 Å². The molecule has 0 aliphatic heterocycles. The van der Waals surface area contributed by atoms with Gasteiger partial charge in [-0.25, -0.2) is 4.98 Å². The lowest BCUT2D eigenvalue weighted by Gasteiger charge is -2.04. The molecule has 0 aromatic carbocycles. The fourth-order valence-electron chi connectivity index (χ4n) is 1.06. The highest BCUT2D eigenvalue weighted by Gasteiger charge is 1.98. The number of aryl methyl sites for hydroxylation is 1. The third-order valence-corrected chi connectivity index (χ3v) is 1.86. The van der Waals surface area contributed by atoms with Crippen LogP contribution in [0.25, 0.3) is 0 Å². The summed E-state index contributed by atoms with van der Waals surface area (Å²) >= 11 is 0. The molecule has 0 amide bonds. The number of aliphatic hydroxyl groups is 1. The summed E-state index contributed by atoms with van der Waals surface area (Å²) in [4.78, 5) is 4.07. The van der Waals surface area contributed by atoms with Gasteiger partial charge in [0.05, 0.1) is 13.2 Å². The van der Waals surface area contributed by atoms with Crippen LogP contribution in [-0.2, 0) is 6.42 Å². The molecule has 0 bridgehead atoms. The van der Waals surface area contributed by atoms with Crippen LogP contribution in [-0.4, -0.2) is 23.3 Å². The number of hydrogen-bond donors (Lipinski definition) is 1. The van der Waals surface area contributed by atoms with Crippen LogP contribution in [0.3, 0.4) is 0 Å². The van der Waals surface area contributed by atoms with Gasteiger partial charge >= 0.3 is 0 Å². The van der Waals surface area contributed by atoms with Crippen LogP contribution in [0.2, 0.25) is 0 Å². The Kier molecular flexibility index (Phi) is 3.71. The number of pyridine rings is 1. The fourth-order valence-corrected chi connectivity index (χ4v) is 1.06. The van der Waals surface area contributed by atoms with Gasteiger partial charge in [-0.3, -0.25) is 0 Å². The van der Waals surface area contributed by atoms with E-state index in [1.807, 2.05) is 12.1 Å². The molecule has 3 nitrogen and oxygen atoms in total. The summed E-state index contributed by atoms with van der Waals surface area (Å²) in [6.45, 7) is 1.79. The van der Waals surface area contributed by atoms with E-state index in [0.717, 1.165) is 18.4 Å². The molecule has 0 radical (unpaired) electrons. The quantitative estimate of drug-likeness (QED) is 0.763. The third-order valence-electron chi connectivity index (χ3n) is 1.86. The Morgan fingerprint density at radius 1 is 1.54 bits per heavy atom. The monoisotopic (exact) mass is 181 g/mol. The number of aliphatic hydroxyl groups excluding tert-OH is 1. The van der Waals surface area contributed by atoms with Crippen molar-refractivity contribution in [2.45, 2.75) is 25.9 Å². The summed E-state index contributed by atoms with van der Waals surface area (Å²) in [7, 11) is 1.60.